The Kier molecular flexibility index (Phi) is 4.55. The summed E-state index contributed by atoms with van der Waals surface area (Å²) < 4.78 is 0. The number of rotatable bonds is 4. The molecule has 0 bridgehead atoms. The number of amides is 1. The fourth-order valence-corrected chi connectivity index (χ4v) is 1.47. The summed E-state index contributed by atoms with van der Waals surface area (Å²) in [6.07, 6.45) is 0. The maximum atomic E-state index is 11.1. The van der Waals surface area contributed by atoms with Gasteiger partial charge in [-0.1, -0.05) is 19.9 Å². The molecule has 0 aliphatic heterocycles. The van der Waals surface area contributed by atoms with Gasteiger partial charge in [0.15, 0.2) is 0 Å². The summed E-state index contributed by atoms with van der Waals surface area (Å²) >= 11 is 0. The predicted octanol–water partition coefficient (Wildman–Crippen LogP) is 3.41. The van der Waals surface area contributed by atoms with Crippen molar-refractivity contribution >= 4 is 17.3 Å². The zero-order valence-corrected chi connectivity index (χ0v) is 11.3. The standard InChI is InChI=1S/C14H22N2O/c1-9(2)11(4)15-13-7-6-10(3)14(8-13)16-12(5)17/h6-9,11,15H,1-5H3,(H,16,17). The molecule has 17 heavy (non-hydrogen) atoms. The first-order valence-corrected chi connectivity index (χ1v) is 6.05. The van der Waals surface area contributed by atoms with Crippen LogP contribution in [0.4, 0.5) is 11.4 Å². The van der Waals surface area contributed by atoms with Gasteiger partial charge in [-0.15, -0.1) is 0 Å². The van der Waals surface area contributed by atoms with Crippen molar-refractivity contribution < 1.29 is 4.79 Å². The van der Waals surface area contributed by atoms with Crippen LogP contribution in [-0.2, 0) is 4.79 Å². The number of carbonyl (C=O) groups excluding carboxylic acids is 1. The Labute approximate surface area is 104 Å². The Bertz CT molecular complexity index is 399. The highest BCUT2D eigenvalue weighted by Crippen LogP contribution is 2.21. The van der Waals surface area contributed by atoms with Gasteiger partial charge in [-0.25, -0.2) is 0 Å². The molecule has 0 fully saturated rings. The van der Waals surface area contributed by atoms with Crippen LogP contribution >= 0.6 is 0 Å². The van der Waals surface area contributed by atoms with Crippen LogP contribution in [0.2, 0.25) is 0 Å². The van der Waals surface area contributed by atoms with Crippen LogP contribution < -0.4 is 10.6 Å². The van der Waals surface area contributed by atoms with Crippen LogP contribution in [0.3, 0.4) is 0 Å². The molecule has 0 saturated heterocycles. The van der Waals surface area contributed by atoms with E-state index in [2.05, 4.69) is 31.4 Å². The van der Waals surface area contributed by atoms with Gasteiger partial charge in [0.05, 0.1) is 0 Å². The van der Waals surface area contributed by atoms with Crippen molar-refractivity contribution in [2.75, 3.05) is 10.6 Å². The second-order valence-electron chi connectivity index (χ2n) is 4.89. The zero-order chi connectivity index (χ0) is 13.0. The molecule has 0 aliphatic rings. The van der Waals surface area contributed by atoms with Crippen LogP contribution in [0.5, 0.6) is 0 Å². The Morgan fingerprint density at radius 1 is 1.24 bits per heavy atom. The highest BCUT2D eigenvalue weighted by molar-refractivity contribution is 5.90. The number of hydrogen-bond acceptors (Lipinski definition) is 2. The van der Waals surface area contributed by atoms with Crippen molar-refractivity contribution in [3.05, 3.63) is 23.8 Å². The Balaban J connectivity index is 2.84. The first-order valence-electron chi connectivity index (χ1n) is 6.05. The molecule has 94 valence electrons. The predicted molar refractivity (Wildman–Crippen MR) is 73.4 cm³/mol. The van der Waals surface area contributed by atoms with Gasteiger partial charge in [-0.05, 0) is 37.5 Å². The largest absolute Gasteiger partial charge is 0.382 e. The number of aryl methyl sites for hydroxylation is 1. The SMILES string of the molecule is CC(=O)Nc1cc(NC(C)C(C)C)ccc1C. The van der Waals surface area contributed by atoms with Gasteiger partial charge >= 0.3 is 0 Å². The molecule has 0 aromatic heterocycles. The van der Waals surface area contributed by atoms with Crippen LogP contribution in [-0.4, -0.2) is 11.9 Å². The van der Waals surface area contributed by atoms with Crippen molar-refractivity contribution in [2.45, 2.75) is 40.7 Å². The molecule has 0 saturated carbocycles. The van der Waals surface area contributed by atoms with Gasteiger partial charge in [0.25, 0.3) is 0 Å². The van der Waals surface area contributed by atoms with E-state index in [4.69, 9.17) is 0 Å². The molecular weight excluding hydrogens is 212 g/mol. The van der Waals surface area contributed by atoms with E-state index in [0.29, 0.717) is 12.0 Å². The molecule has 1 atom stereocenters. The zero-order valence-electron chi connectivity index (χ0n) is 11.3. The van der Waals surface area contributed by atoms with Gasteiger partial charge < -0.3 is 10.6 Å². The number of nitrogens with one attached hydrogen (secondary N) is 2. The average molecular weight is 234 g/mol. The summed E-state index contributed by atoms with van der Waals surface area (Å²) in [4.78, 5) is 11.1. The molecule has 1 unspecified atom stereocenters. The highest BCUT2D eigenvalue weighted by atomic mass is 16.1. The monoisotopic (exact) mass is 234 g/mol. The minimum Gasteiger partial charge on any atom is -0.382 e. The molecule has 1 rings (SSSR count). The van der Waals surface area contributed by atoms with E-state index in [1.807, 2.05) is 25.1 Å². The Morgan fingerprint density at radius 3 is 2.41 bits per heavy atom. The second-order valence-corrected chi connectivity index (χ2v) is 4.89. The highest BCUT2D eigenvalue weighted by Gasteiger charge is 2.08. The molecule has 1 amide bonds. The minimum atomic E-state index is -0.0397. The molecule has 2 N–H and O–H groups in total. The topological polar surface area (TPSA) is 41.1 Å². The van der Waals surface area contributed by atoms with Crippen molar-refractivity contribution in [2.24, 2.45) is 5.92 Å². The third-order valence-corrected chi connectivity index (χ3v) is 2.94. The van der Waals surface area contributed by atoms with E-state index in [-0.39, 0.29) is 5.91 Å². The van der Waals surface area contributed by atoms with Gasteiger partial charge in [0.2, 0.25) is 5.91 Å². The van der Waals surface area contributed by atoms with E-state index in [0.717, 1.165) is 16.9 Å². The van der Waals surface area contributed by atoms with Crippen molar-refractivity contribution in [1.29, 1.82) is 0 Å². The van der Waals surface area contributed by atoms with Gasteiger partial charge in [0, 0.05) is 24.3 Å². The first-order chi connectivity index (χ1) is 7.90. The maximum absolute atomic E-state index is 11.1. The molecule has 3 nitrogen and oxygen atoms in total. The molecular formula is C14H22N2O. The van der Waals surface area contributed by atoms with Crippen LogP contribution in [0.25, 0.3) is 0 Å². The molecule has 0 heterocycles. The Hall–Kier alpha value is -1.51. The smallest absolute Gasteiger partial charge is 0.221 e. The summed E-state index contributed by atoms with van der Waals surface area (Å²) in [7, 11) is 0. The average Bonchev–Trinajstić information content (AvgIpc) is 2.22. The van der Waals surface area contributed by atoms with E-state index in [1.54, 1.807) is 0 Å². The third-order valence-electron chi connectivity index (χ3n) is 2.94. The molecule has 1 aromatic rings. The molecule has 0 radical (unpaired) electrons. The number of hydrogen-bond donors (Lipinski definition) is 2. The fraction of sp³-hybridized carbons (Fsp3) is 0.500. The molecule has 1 aromatic carbocycles. The normalized spacial score (nSPS) is 12.4. The van der Waals surface area contributed by atoms with Gasteiger partial charge in [-0.2, -0.15) is 0 Å². The van der Waals surface area contributed by atoms with Crippen LogP contribution in [0, 0.1) is 12.8 Å². The van der Waals surface area contributed by atoms with Crippen LogP contribution in [0.1, 0.15) is 33.3 Å². The maximum Gasteiger partial charge on any atom is 0.221 e. The van der Waals surface area contributed by atoms with Crippen molar-refractivity contribution in [1.82, 2.24) is 0 Å². The Morgan fingerprint density at radius 2 is 1.88 bits per heavy atom. The van der Waals surface area contributed by atoms with Gasteiger partial charge in [-0.3, -0.25) is 4.79 Å². The molecule has 0 spiro atoms. The summed E-state index contributed by atoms with van der Waals surface area (Å²) in [5, 5.41) is 6.27. The summed E-state index contributed by atoms with van der Waals surface area (Å²) in [5.74, 6) is 0.530. The summed E-state index contributed by atoms with van der Waals surface area (Å²) in [6.45, 7) is 10.0. The first kappa shape index (κ1) is 13.6. The number of benzene rings is 1. The van der Waals surface area contributed by atoms with E-state index < -0.39 is 0 Å². The number of carbonyl (C=O) groups is 1. The minimum absolute atomic E-state index is 0.0397. The van der Waals surface area contributed by atoms with E-state index in [1.165, 1.54) is 6.92 Å². The lowest BCUT2D eigenvalue weighted by Crippen LogP contribution is -2.21. The van der Waals surface area contributed by atoms with E-state index >= 15 is 0 Å². The lowest BCUT2D eigenvalue weighted by atomic mass is 10.1. The van der Waals surface area contributed by atoms with Crippen LogP contribution in [0.15, 0.2) is 18.2 Å². The third kappa shape index (κ3) is 4.10. The summed E-state index contributed by atoms with van der Waals surface area (Å²) in [6, 6.07) is 6.44. The second kappa shape index (κ2) is 5.71. The lowest BCUT2D eigenvalue weighted by molar-refractivity contribution is -0.114. The quantitative estimate of drug-likeness (QED) is 0.838. The fourth-order valence-electron chi connectivity index (χ4n) is 1.47. The molecule has 3 heteroatoms. The molecule has 0 aliphatic carbocycles. The van der Waals surface area contributed by atoms with Crippen molar-refractivity contribution in [3.8, 4) is 0 Å². The lowest BCUT2D eigenvalue weighted by Gasteiger charge is -2.19. The van der Waals surface area contributed by atoms with E-state index in [9.17, 15) is 4.79 Å². The van der Waals surface area contributed by atoms with Gasteiger partial charge in [0.1, 0.15) is 0 Å². The summed E-state index contributed by atoms with van der Waals surface area (Å²) in [5.41, 5.74) is 2.99. The van der Waals surface area contributed by atoms with Crippen molar-refractivity contribution in [3.63, 3.8) is 0 Å². The number of anilines is 2.